The van der Waals surface area contributed by atoms with E-state index in [0.29, 0.717) is 5.69 Å². The Balaban J connectivity index is 1.38. The normalized spacial score (nSPS) is 31.7. The smallest absolute Gasteiger partial charge is 0.289 e. The van der Waals surface area contributed by atoms with Crippen molar-refractivity contribution in [2.75, 3.05) is 0 Å². The zero-order valence-electron chi connectivity index (χ0n) is 13.3. The van der Waals surface area contributed by atoms with Crippen LogP contribution in [0.3, 0.4) is 0 Å². The van der Waals surface area contributed by atoms with E-state index in [1.165, 1.54) is 0 Å². The summed E-state index contributed by atoms with van der Waals surface area (Å²) < 4.78 is 7.79. The summed E-state index contributed by atoms with van der Waals surface area (Å²) >= 11 is 0. The molecule has 2 bridgehead atoms. The summed E-state index contributed by atoms with van der Waals surface area (Å²) in [4.78, 5) is 29.0. The first-order valence-electron chi connectivity index (χ1n) is 8.38. The Kier molecular flexibility index (Phi) is 3.41. The highest BCUT2D eigenvalue weighted by atomic mass is 16.5. The Morgan fingerprint density at radius 3 is 2.91 bits per heavy atom. The van der Waals surface area contributed by atoms with Crippen molar-refractivity contribution in [1.29, 1.82) is 0 Å². The van der Waals surface area contributed by atoms with Gasteiger partial charge in [-0.2, -0.15) is 0 Å². The van der Waals surface area contributed by atoms with Gasteiger partial charge in [-0.25, -0.2) is 4.98 Å². The molecule has 1 aromatic heterocycles. The molecule has 2 N–H and O–H groups in total. The van der Waals surface area contributed by atoms with E-state index < -0.39 is 5.41 Å². The van der Waals surface area contributed by atoms with Crippen LogP contribution in [0.25, 0.3) is 0 Å². The van der Waals surface area contributed by atoms with Crippen molar-refractivity contribution in [3.05, 3.63) is 17.7 Å². The van der Waals surface area contributed by atoms with E-state index in [-0.39, 0.29) is 24.0 Å². The largest absolute Gasteiger partial charge is 0.374 e. The van der Waals surface area contributed by atoms with Gasteiger partial charge in [0.25, 0.3) is 5.91 Å². The van der Waals surface area contributed by atoms with Crippen LogP contribution in [0.4, 0.5) is 0 Å². The van der Waals surface area contributed by atoms with Gasteiger partial charge in [-0.15, -0.1) is 0 Å². The van der Waals surface area contributed by atoms with Crippen LogP contribution in [0, 0.1) is 5.41 Å². The lowest BCUT2D eigenvalue weighted by Crippen LogP contribution is -2.51. The summed E-state index contributed by atoms with van der Waals surface area (Å²) in [6.07, 6.45) is 7.69. The maximum atomic E-state index is 12.5. The standard InChI is InChI=1S/C16H22N4O3/c1-16(8-10-5-6-12(16)23-10)15(22)19-18-14(21)11-9-20-7-3-2-4-13(20)17-11/h9-10,12H,2-8H2,1H3,(H,18,21)(H,19,22)/t10-,12+,16+/m1/s1. The molecule has 7 heteroatoms. The minimum Gasteiger partial charge on any atom is -0.374 e. The second kappa shape index (κ2) is 5.33. The van der Waals surface area contributed by atoms with Crippen LogP contribution in [0.1, 0.15) is 55.3 Å². The lowest BCUT2D eigenvalue weighted by molar-refractivity contribution is -0.133. The van der Waals surface area contributed by atoms with E-state index in [1.807, 2.05) is 11.5 Å². The van der Waals surface area contributed by atoms with Crippen LogP contribution in [-0.4, -0.2) is 33.6 Å². The predicted molar refractivity (Wildman–Crippen MR) is 81.4 cm³/mol. The maximum absolute atomic E-state index is 12.5. The third-order valence-corrected chi connectivity index (χ3v) is 5.42. The van der Waals surface area contributed by atoms with Gasteiger partial charge in [0.15, 0.2) is 0 Å². The zero-order chi connectivity index (χ0) is 16.0. The molecule has 3 atom stereocenters. The Morgan fingerprint density at radius 2 is 2.22 bits per heavy atom. The number of hydrogen-bond donors (Lipinski definition) is 2. The molecular formula is C16H22N4O3. The number of carbonyl (C=O) groups is 2. The number of rotatable bonds is 2. The molecule has 3 aliphatic heterocycles. The fourth-order valence-corrected chi connectivity index (χ4v) is 4.01. The lowest BCUT2D eigenvalue weighted by atomic mass is 9.75. The number of aromatic nitrogens is 2. The van der Waals surface area contributed by atoms with Crippen LogP contribution in [0.5, 0.6) is 0 Å². The van der Waals surface area contributed by atoms with E-state index in [9.17, 15) is 9.59 Å². The van der Waals surface area contributed by atoms with Crippen LogP contribution in [-0.2, 0) is 22.5 Å². The van der Waals surface area contributed by atoms with Gasteiger partial charge in [-0.3, -0.25) is 20.4 Å². The number of amides is 2. The molecule has 2 amide bonds. The minimum atomic E-state index is -0.552. The number of hydrogen-bond acceptors (Lipinski definition) is 4. The molecular weight excluding hydrogens is 296 g/mol. The third kappa shape index (κ3) is 2.43. The van der Waals surface area contributed by atoms with E-state index in [0.717, 1.165) is 50.9 Å². The molecule has 1 aromatic rings. The SMILES string of the molecule is C[C@]1(C(=O)NNC(=O)c2cn3c(n2)CCCC3)C[C@H]2CC[C@@H]1O2. The number of carbonyl (C=O) groups excluding carboxylic acids is 2. The Hall–Kier alpha value is -1.89. The lowest BCUT2D eigenvalue weighted by Gasteiger charge is -2.29. The molecule has 0 spiro atoms. The molecule has 2 saturated heterocycles. The molecule has 0 radical (unpaired) electrons. The molecule has 0 saturated carbocycles. The van der Waals surface area contributed by atoms with Crippen molar-refractivity contribution in [3.63, 3.8) is 0 Å². The van der Waals surface area contributed by atoms with Crippen LogP contribution in [0.2, 0.25) is 0 Å². The summed E-state index contributed by atoms with van der Waals surface area (Å²) in [5, 5.41) is 0. The van der Waals surface area contributed by atoms with E-state index in [1.54, 1.807) is 6.20 Å². The van der Waals surface area contributed by atoms with Gasteiger partial charge in [0.05, 0.1) is 17.6 Å². The van der Waals surface area contributed by atoms with Gasteiger partial charge in [0, 0.05) is 19.2 Å². The van der Waals surface area contributed by atoms with E-state index in [2.05, 4.69) is 15.8 Å². The number of ether oxygens (including phenoxy) is 1. The summed E-state index contributed by atoms with van der Waals surface area (Å²) in [5.74, 6) is 0.399. The Bertz CT molecular complexity index is 632. The number of nitrogens with one attached hydrogen (secondary N) is 2. The van der Waals surface area contributed by atoms with E-state index >= 15 is 0 Å². The fourth-order valence-electron chi connectivity index (χ4n) is 4.01. The van der Waals surface area contributed by atoms with Gasteiger partial charge >= 0.3 is 0 Å². The second-order valence-electron chi connectivity index (χ2n) is 7.05. The highest BCUT2D eigenvalue weighted by Crippen LogP contribution is 2.47. The Labute approximate surface area is 134 Å². The van der Waals surface area contributed by atoms with Crippen LogP contribution >= 0.6 is 0 Å². The molecule has 4 rings (SSSR count). The number of nitrogens with zero attached hydrogens (tertiary/aromatic N) is 2. The molecule has 2 fully saturated rings. The van der Waals surface area contributed by atoms with Gasteiger partial charge < -0.3 is 9.30 Å². The van der Waals surface area contributed by atoms with Gasteiger partial charge in [0.2, 0.25) is 5.91 Å². The topological polar surface area (TPSA) is 85.3 Å². The average Bonchev–Trinajstić information content (AvgIpc) is 3.25. The van der Waals surface area contributed by atoms with Gasteiger partial charge in [0.1, 0.15) is 11.5 Å². The second-order valence-corrected chi connectivity index (χ2v) is 7.05. The molecule has 124 valence electrons. The predicted octanol–water partition coefficient (Wildman–Crippen LogP) is 0.938. The monoisotopic (exact) mass is 318 g/mol. The molecule has 7 nitrogen and oxygen atoms in total. The first-order valence-corrected chi connectivity index (χ1v) is 8.38. The number of aryl methyl sites for hydroxylation is 2. The number of fused-ring (bicyclic) bond motifs is 3. The van der Waals surface area contributed by atoms with Crippen LogP contribution in [0.15, 0.2) is 6.20 Å². The molecule has 3 aliphatic rings. The van der Waals surface area contributed by atoms with Gasteiger partial charge in [-0.05, 0) is 39.0 Å². The van der Waals surface area contributed by atoms with Crippen molar-refractivity contribution < 1.29 is 14.3 Å². The zero-order valence-corrected chi connectivity index (χ0v) is 13.3. The molecule has 0 unspecified atom stereocenters. The minimum absolute atomic E-state index is 0.0377. The van der Waals surface area contributed by atoms with Crippen molar-refractivity contribution >= 4 is 11.8 Å². The van der Waals surface area contributed by atoms with Crippen molar-refractivity contribution in [3.8, 4) is 0 Å². The van der Waals surface area contributed by atoms with Gasteiger partial charge in [-0.1, -0.05) is 0 Å². The first-order chi connectivity index (χ1) is 11.1. The summed E-state index contributed by atoms with van der Waals surface area (Å²) in [6, 6.07) is 0. The Morgan fingerprint density at radius 1 is 1.35 bits per heavy atom. The fraction of sp³-hybridized carbons (Fsp3) is 0.688. The maximum Gasteiger partial charge on any atom is 0.289 e. The molecule has 0 aromatic carbocycles. The summed E-state index contributed by atoms with van der Waals surface area (Å²) in [6.45, 7) is 2.81. The van der Waals surface area contributed by atoms with Crippen molar-refractivity contribution in [2.24, 2.45) is 5.41 Å². The summed E-state index contributed by atoms with van der Waals surface area (Å²) in [7, 11) is 0. The summed E-state index contributed by atoms with van der Waals surface area (Å²) in [5.41, 5.74) is 4.87. The third-order valence-electron chi connectivity index (χ3n) is 5.42. The molecule has 4 heterocycles. The van der Waals surface area contributed by atoms with Crippen molar-refractivity contribution in [2.45, 2.75) is 64.2 Å². The first kappa shape index (κ1) is 14.7. The van der Waals surface area contributed by atoms with Crippen molar-refractivity contribution in [1.82, 2.24) is 20.4 Å². The van der Waals surface area contributed by atoms with E-state index in [4.69, 9.17) is 4.74 Å². The highest BCUT2D eigenvalue weighted by Gasteiger charge is 2.53. The average molecular weight is 318 g/mol. The number of hydrazine groups is 1. The molecule has 0 aliphatic carbocycles. The molecule has 23 heavy (non-hydrogen) atoms. The highest BCUT2D eigenvalue weighted by molar-refractivity contribution is 5.94. The van der Waals surface area contributed by atoms with Crippen LogP contribution < -0.4 is 10.9 Å². The number of imidazole rings is 1. The quantitative estimate of drug-likeness (QED) is 0.795.